The summed E-state index contributed by atoms with van der Waals surface area (Å²) in [5, 5.41) is 4.66. The largest absolute Gasteiger partial charge is 0.347 e. The number of nitrogens with one attached hydrogen (secondary N) is 1. The van der Waals surface area contributed by atoms with Gasteiger partial charge in [0.2, 0.25) is 0 Å². The van der Waals surface area contributed by atoms with Crippen molar-refractivity contribution in [3.05, 3.63) is 48.0 Å². The summed E-state index contributed by atoms with van der Waals surface area (Å²) in [6, 6.07) is 4.24. The molecule has 0 aliphatic heterocycles. The van der Waals surface area contributed by atoms with Crippen LogP contribution < -0.4 is 5.32 Å². The van der Waals surface area contributed by atoms with Gasteiger partial charge in [0.05, 0.1) is 5.52 Å². The lowest BCUT2D eigenvalue weighted by molar-refractivity contribution is 0.524. The van der Waals surface area contributed by atoms with Gasteiger partial charge in [-0.05, 0) is 49.4 Å². The maximum absolute atomic E-state index is 4.55. The lowest BCUT2D eigenvalue weighted by Crippen LogP contribution is -2.01. The van der Waals surface area contributed by atoms with Crippen LogP contribution in [0.3, 0.4) is 0 Å². The quantitative estimate of drug-likeness (QED) is 0.633. The molecule has 0 spiro atoms. The van der Waals surface area contributed by atoms with Crippen molar-refractivity contribution in [2.75, 3.05) is 5.32 Å². The number of rotatable bonds is 5. The fourth-order valence-corrected chi connectivity index (χ4v) is 2.83. The molecule has 3 rings (SSSR count). The molecule has 0 bridgehead atoms. The van der Waals surface area contributed by atoms with E-state index >= 15 is 0 Å². The molecule has 0 atom stereocenters. The Bertz CT molecular complexity index is 798. The highest BCUT2D eigenvalue weighted by atomic mass is 15.0. The fraction of sp³-hybridized carbons (Fsp3) is 0.429. The highest BCUT2D eigenvalue weighted by Crippen LogP contribution is 2.28. The van der Waals surface area contributed by atoms with Crippen LogP contribution in [0.2, 0.25) is 0 Å². The average molecular weight is 338 g/mol. The van der Waals surface area contributed by atoms with E-state index in [9.17, 15) is 0 Å². The highest BCUT2D eigenvalue weighted by molar-refractivity contribution is 5.92. The van der Waals surface area contributed by atoms with Crippen molar-refractivity contribution in [3.63, 3.8) is 0 Å². The third kappa shape index (κ3) is 4.38. The maximum atomic E-state index is 4.55. The maximum Gasteiger partial charge on any atom is 0.139 e. The van der Waals surface area contributed by atoms with Crippen molar-refractivity contribution >= 4 is 22.4 Å². The van der Waals surface area contributed by atoms with Crippen LogP contribution >= 0.6 is 0 Å². The van der Waals surface area contributed by atoms with Crippen LogP contribution in [0, 0.1) is 19.8 Å². The van der Waals surface area contributed by atoms with Gasteiger partial charge < -0.3 is 9.88 Å². The second-order valence-electron chi connectivity index (χ2n) is 6.56. The Labute approximate surface area is 151 Å². The molecule has 134 valence electrons. The Kier molecular flexibility index (Phi) is 6.57. The van der Waals surface area contributed by atoms with E-state index in [-0.39, 0.29) is 0 Å². The van der Waals surface area contributed by atoms with E-state index in [1.54, 1.807) is 0 Å². The first-order valence-electron chi connectivity index (χ1n) is 9.18. The van der Waals surface area contributed by atoms with Gasteiger partial charge in [-0.25, -0.2) is 4.98 Å². The normalized spacial score (nSPS) is 10.7. The summed E-state index contributed by atoms with van der Waals surface area (Å²) in [5.74, 6) is 1.61. The Balaban J connectivity index is 0.00000109. The molecule has 0 aliphatic rings. The molecule has 0 aromatic carbocycles. The van der Waals surface area contributed by atoms with Crippen molar-refractivity contribution in [1.82, 2.24) is 14.5 Å². The zero-order valence-corrected chi connectivity index (χ0v) is 16.3. The summed E-state index contributed by atoms with van der Waals surface area (Å²) in [6.07, 6.45) is 8.97. The zero-order valence-electron chi connectivity index (χ0n) is 16.3. The summed E-state index contributed by atoms with van der Waals surface area (Å²) in [6.45, 7) is 13.7. The van der Waals surface area contributed by atoms with Crippen LogP contribution in [0.4, 0.5) is 11.5 Å². The fourth-order valence-electron chi connectivity index (χ4n) is 2.83. The molecule has 0 radical (unpaired) electrons. The second-order valence-corrected chi connectivity index (χ2v) is 6.56. The Morgan fingerprint density at radius 2 is 1.76 bits per heavy atom. The summed E-state index contributed by atoms with van der Waals surface area (Å²) in [4.78, 5) is 8.78. The molecule has 0 unspecified atom stereocenters. The first kappa shape index (κ1) is 19.0. The topological polar surface area (TPSA) is 42.7 Å². The summed E-state index contributed by atoms with van der Waals surface area (Å²) >= 11 is 0. The molecule has 3 aromatic rings. The minimum Gasteiger partial charge on any atom is -0.347 e. The van der Waals surface area contributed by atoms with E-state index in [0.717, 1.165) is 34.6 Å². The molecular formula is C21H30N4. The molecule has 3 aromatic heterocycles. The number of fused-ring (bicyclic) bond motifs is 1. The van der Waals surface area contributed by atoms with Crippen molar-refractivity contribution < 1.29 is 0 Å². The van der Waals surface area contributed by atoms with Gasteiger partial charge in [-0.1, -0.05) is 27.7 Å². The van der Waals surface area contributed by atoms with Gasteiger partial charge in [-0.2, -0.15) is 0 Å². The smallest absolute Gasteiger partial charge is 0.139 e. The van der Waals surface area contributed by atoms with E-state index in [1.165, 1.54) is 11.9 Å². The minimum atomic E-state index is 0.703. The van der Waals surface area contributed by atoms with Gasteiger partial charge in [0, 0.05) is 42.4 Å². The van der Waals surface area contributed by atoms with Crippen LogP contribution in [0.1, 0.15) is 45.2 Å². The third-order valence-corrected chi connectivity index (χ3v) is 4.21. The first-order valence-corrected chi connectivity index (χ1v) is 9.18. The summed E-state index contributed by atoms with van der Waals surface area (Å²) < 4.78 is 2.31. The second kappa shape index (κ2) is 8.65. The Morgan fingerprint density at radius 1 is 1.08 bits per heavy atom. The molecule has 0 saturated carbocycles. The monoisotopic (exact) mass is 338 g/mol. The summed E-state index contributed by atoms with van der Waals surface area (Å²) in [7, 11) is 0. The molecule has 0 aliphatic carbocycles. The van der Waals surface area contributed by atoms with E-state index in [4.69, 9.17) is 0 Å². The summed E-state index contributed by atoms with van der Waals surface area (Å²) in [5.41, 5.74) is 4.58. The van der Waals surface area contributed by atoms with Gasteiger partial charge in [-0.3, -0.25) is 4.98 Å². The molecule has 0 saturated heterocycles. The molecular weight excluding hydrogens is 308 g/mol. The lowest BCUT2D eigenvalue weighted by atomic mass is 10.1. The van der Waals surface area contributed by atoms with Crippen LogP contribution in [0.5, 0.6) is 0 Å². The van der Waals surface area contributed by atoms with E-state index in [1.807, 2.05) is 32.4 Å². The molecule has 0 amide bonds. The minimum absolute atomic E-state index is 0.703. The van der Waals surface area contributed by atoms with Crippen LogP contribution in [0.25, 0.3) is 10.9 Å². The molecule has 3 heterocycles. The van der Waals surface area contributed by atoms with Gasteiger partial charge >= 0.3 is 0 Å². The SMILES string of the molecule is CC.Cc1cncc(C)c1Nc1nccc2c1ccn2CCC(C)C. The molecule has 4 heteroatoms. The van der Waals surface area contributed by atoms with Gasteiger partial charge in [0.15, 0.2) is 0 Å². The van der Waals surface area contributed by atoms with Crippen LogP contribution in [-0.2, 0) is 6.54 Å². The number of aryl methyl sites for hydroxylation is 3. The van der Waals surface area contributed by atoms with E-state index < -0.39 is 0 Å². The first-order chi connectivity index (χ1) is 12.1. The van der Waals surface area contributed by atoms with Crippen LogP contribution in [0.15, 0.2) is 36.9 Å². The van der Waals surface area contributed by atoms with E-state index in [2.05, 4.69) is 65.9 Å². The van der Waals surface area contributed by atoms with Gasteiger partial charge in [0.25, 0.3) is 0 Å². The Hall–Kier alpha value is -2.36. The predicted octanol–water partition coefficient (Wildman–Crippen LogP) is 5.86. The predicted molar refractivity (Wildman–Crippen MR) is 108 cm³/mol. The molecule has 4 nitrogen and oxygen atoms in total. The van der Waals surface area contributed by atoms with Gasteiger partial charge in [0.1, 0.15) is 5.82 Å². The molecule has 25 heavy (non-hydrogen) atoms. The third-order valence-electron chi connectivity index (χ3n) is 4.21. The standard InChI is InChI=1S/C19H24N4.C2H6/c1-13(2)6-9-23-10-7-16-17(23)5-8-21-19(16)22-18-14(3)11-20-12-15(18)4;1-2/h5,7-8,10-13H,6,9H2,1-4H3,(H,20,21,22);1-2H3. The molecule has 0 fully saturated rings. The van der Waals surface area contributed by atoms with Crippen molar-refractivity contribution in [2.24, 2.45) is 5.92 Å². The Morgan fingerprint density at radius 3 is 2.40 bits per heavy atom. The lowest BCUT2D eigenvalue weighted by Gasteiger charge is -2.13. The molecule has 1 N–H and O–H groups in total. The number of pyridine rings is 2. The highest BCUT2D eigenvalue weighted by Gasteiger charge is 2.10. The zero-order chi connectivity index (χ0) is 18.4. The number of nitrogens with zero attached hydrogens (tertiary/aromatic N) is 3. The average Bonchev–Trinajstić information content (AvgIpc) is 3.02. The van der Waals surface area contributed by atoms with Crippen LogP contribution in [-0.4, -0.2) is 14.5 Å². The van der Waals surface area contributed by atoms with Crippen molar-refractivity contribution in [3.8, 4) is 0 Å². The number of hydrogen-bond donors (Lipinski definition) is 1. The van der Waals surface area contributed by atoms with Gasteiger partial charge in [-0.15, -0.1) is 0 Å². The van der Waals surface area contributed by atoms with Crippen molar-refractivity contribution in [2.45, 2.75) is 54.5 Å². The van der Waals surface area contributed by atoms with Crippen molar-refractivity contribution in [1.29, 1.82) is 0 Å². The number of hydrogen-bond acceptors (Lipinski definition) is 3. The van der Waals surface area contributed by atoms with E-state index in [0.29, 0.717) is 5.92 Å². The number of aromatic nitrogens is 3. The number of anilines is 2.